The average molecular weight is 1360 g/mol. The zero-order valence-corrected chi connectivity index (χ0v) is 58.2. The van der Waals surface area contributed by atoms with E-state index in [0.29, 0.717) is 84.9 Å². The van der Waals surface area contributed by atoms with E-state index in [1.54, 1.807) is 58.7 Å². The molecule has 498 valence electrons. The van der Waals surface area contributed by atoms with Crippen molar-refractivity contribution in [3.8, 4) is 68.7 Å². The van der Waals surface area contributed by atoms with Gasteiger partial charge in [-0.3, -0.25) is 0 Å². The fourth-order valence-electron chi connectivity index (χ4n) is 11.1. The monoisotopic (exact) mass is 1350 g/mol. The highest BCUT2D eigenvalue weighted by Crippen LogP contribution is 2.48. The number of benzene rings is 7. The molecule has 0 N–H and O–H groups in total. The van der Waals surface area contributed by atoms with Crippen molar-refractivity contribution in [2.75, 3.05) is 47.8 Å². The first-order valence-electron chi connectivity index (χ1n) is 31.4. The minimum Gasteiger partial charge on any atom is -0.543 e. The van der Waals surface area contributed by atoms with Gasteiger partial charge < -0.3 is 51.6 Å². The number of para-hydroxylation sites is 1. The molecule has 0 aliphatic rings. The molecular formula is C76H78Cl2FN5O11Si. The average Bonchev–Trinajstić information content (AvgIpc) is 1.46. The second kappa shape index (κ2) is 30.6. The minimum atomic E-state index is -2.40. The Bertz CT molecular complexity index is 4270. The first-order chi connectivity index (χ1) is 46.2. The molecule has 0 saturated carbocycles. The van der Waals surface area contributed by atoms with Crippen molar-refractivity contribution in [3.05, 3.63) is 238 Å². The fraction of sp³-hybridized carbons (Fsp3) is 0.276. The van der Waals surface area contributed by atoms with Crippen LogP contribution in [0, 0.1) is 19.7 Å². The smallest absolute Gasteiger partial charge is 0.347 e. The maximum atomic E-state index is 14.9. The van der Waals surface area contributed by atoms with Crippen LogP contribution in [0.15, 0.2) is 183 Å². The third-order valence-corrected chi connectivity index (χ3v) is 22.3. The van der Waals surface area contributed by atoms with Crippen LogP contribution in [0.4, 0.5) is 4.39 Å². The number of hydrogen-bond acceptors (Lipinski definition) is 15. The van der Waals surface area contributed by atoms with E-state index >= 15 is 0 Å². The Morgan fingerprint density at radius 2 is 1.35 bits per heavy atom. The Kier molecular flexibility index (Phi) is 22.2. The van der Waals surface area contributed by atoms with Gasteiger partial charge in [-0.25, -0.2) is 24.1 Å². The van der Waals surface area contributed by atoms with E-state index < -0.39 is 37.9 Å². The molecule has 0 unspecified atom stereocenters. The molecule has 20 heteroatoms. The summed E-state index contributed by atoms with van der Waals surface area (Å²) in [6.07, 6.45) is 2.41. The summed E-state index contributed by atoms with van der Waals surface area (Å²) >= 11 is 15.3. The van der Waals surface area contributed by atoms with E-state index in [1.165, 1.54) is 18.5 Å². The van der Waals surface area contributed by atoms with Gasteiger partial charge in [-0.2, -0.15) is 4.98 Å². The molecule has 0 amide bonds. The Balaban J connectivity index is 1.06. The van der Waals surface area contributed by atoms with Gasteiger partial charge in [0.2, 0.25) is 20.3 Å². The summed E-state index contributed by atoms with van der Waals surface area (Å²) in [4.78, 5) is 33.5. The fourth-order valence-corrected chi connectivity index (χ4v) is 12.6. The number of ether oxygens (including phenoxy) is 9. The highest BCUT2D eigenvalue weighted by molar-refractivity contribution is 6.74. The molecule has 7 aromatic carbocycles. The van der Waals surface area contributed by atoms with Crippen molar-refractivity contribution in [1.29, 1.82) is 0 Å². The number of rotatable bonds is 29. The number of carbonyl (C=O) groups is 1. The lowest BCUT2D eigenvalue weighted by Crippen LogP contribution is -2.43. The minimum absolute atomic E-state index is 0.00554. The van der Waals surface area contributed by atoms with Gasteiger partial charge in [0.15, 0.2) is 11.6 Å². The number of aromatic nitrogens is 5. The number of hydrogen-bond donors (Lipinski definition) is 0. The number of halogens is 3. The van der Waals surface area contributed by atoms with Crippen LogP contribution in [0.1, 0.15) is 66.8 Å². The number of methoxy groups -OCH3 is 3. The quantitative estimate of drug-likeness (QED) is 0.0143. The number of esters is 1. The van der Waals surface area contributed by atoms with Crippen LogP contribution in [0.25, 0.3) is 39.4 Å². The zero-order chi connectivity index (χ0) is 68.3. The lowest BCUT2D eigenvalue weighted by Gasteiger charge is -2.37. The summed E-state index contributed by atoms with van der Waals surface area (Å²) in [5.41, 5.74) is 6.54. The van der Waals surface area contributed by atoms with Crippen LogP contribution < -0.4 is 32.8 Å². The highest BCUT2D eigenvalue weighted by atomic mass is 35.5. The van der Waals surface area contributed by atoms with Gasteiger partial charge in [0, 0.05) is 18.2 Å². The van der Waals surface area contributed by atoms with Crippen molar-refractivity contribution in [1.82, 2.24) is 24.5 Å². The maximum absolute atomic E-state index is 14.9. The molecule has 0 saturated heterocycles. The second-order valence-corrected chi connectivity index (χ2v) is 29.8. The number of nitrogens with zero attached hydrogens (tertiary/aromatic N) is 5. The Hall–Kier alpha value is -9.30. The molecule has 0 radical (unpaired) electrons. The zero-order valence-electron chi connectivity index (χ0n) is 55.7. The van der Waals surface area contributed by atoms with Crippen LogP contribution in [0.3, 0.4) is 0 Å². The van der Waals surface area contributed by atoms with Crippen LogP contribution in [-0.2, 0) is 37.6 Å². The molecule has 10 rings (SSSR count). The second-order valence-electron chi connectivity index (χ2n) is 24.3. The van der Waals surface area contributed by atoms with E-state index in [-0.39, 0.29) is 66.2 Å². The predicted octanol–water partition coefficient (Wildman–Crippen LogP) is 17.1. The van der Waals surface area contributed by atoms with E-state index in [2.05, 4.69) is 45.4 Å². The van der Waals surface area contributed by atoms with Crippen molar-refractivity contribution in [2.45, 2.75) is 90.5 Å². The van der Waals surface area contributed by atoms with Crippen LogP contribution >= 0.6 is 23.2 Å². The van der Waals surface area contributed by atoms with E-state index in [4.69, 9.17) is 85.2 Å². The highest BCUT2D eigenvalue weighted by Gasteiger charge is 2.41. The van der Waals surface area contributed by atoms with Crippen molar-refractivity contribution in [3.63, 3.8) is 0 Å². The molecule has 0 spiro atoms. The van der Waals surface area contributed by atoms with Crippen molar-refractivity contribution >= 4 is 48.5 Å². The predicted molar refractivity (Wildman–Crippen MR) is 375 cm³/mol. The number of carbonyl (C=O) groups excluding carboxylic acids is 1. The summed E-state index contributed by atoms with van der Waals surface area (Å²) in [5, 5.41) is 0.181. The number of fused-ring (bicyclic) bond motifs is 1. The molecular weight excluding hydrogens is 1280 g/mol. The summed E-state index contributed by atoms with van der Waals surface area (Å²) in [6.45, 7) is 20.4. The lowest BCUT2D eigenvalue weighted by molar-refractivity contribution is -0.151. The first-order valence-corrected chi connectivity index (χ1v) is 35.1. The van der Waals surface area contributed by atoms with Gasteiger partial charge in [-0.05, 0) is 163 Å². The lowest BCUT2D eigenvalue weighted by atomic mass is 9.80. The van der Waals surface area contributed by atoms with Crippen molar-refractivity contribution in [2.24, 2.45) is 0 Å². The maximum Gasteiger partial charge on any atom is 0.347 e. The van der Waals surface area contributed by atoms with Gasteiger partial charge in [-0.15, -0.1) is 6.58 Å². The molecule has 0 aliphatic carbocycles. The van der Waals surface area contributed by atoms with Crippen LogP contribution in [0.5, 0.6) is 40.4 Å². The first kappa shape index (κ1) is 69.5. The largest absolute Gasteiger partial charge is 0.543 e. The van der Waals surface area contributed by atoms with Gasteiger partial charge >= 0.3 is 5.97 Å². The third-order valence-electron chi connectivity index (χ3n) is 17.0. The van der Waals surface area contributed by atoms with Gasteiger partial charge in [0.1, 0.15) is 64.7 Å². The Morgan fingerprint density at radius 3 is 1.98 bits per heavy atom. The topological polar surface area (TPSA) is 166 Å². The summed E-state index contributed by atoms with van der Waals surface area (Å²) in [7, 11) is 2.44. The van der Waals surface area contributed by atoms with Gasteiger partial charge in [0.25, 0.3) is 0 Å². The molecule has 0 bridgehead atoms. The Labute approximate surface area is 571 Å². The Morgan fingerprint density at radius 1 is 0.719 bits per heavy atom. The molecule has 96 heavy (non-hydrogen) atoms. The van der Waals surface area contributed by atoms with E-state index in [9.17, 15) is 9.18 Å². The summed E-state index contributed by atoms with van der Waals surface area (Å²) in [5.74, 6) is 2.51. The van der Waals surface area contributed by atoms with Crippen molar-refractivity contribution < 1.29 is 56.2 Å². The summed E-state index contributed by atoms with van der Waals surface area (Å²) in [6, 6.07) is 48.1. The van der Waals surface area contributed by atoms with Crippen LogP contribution in [0.2, 0.25) is 28.2 Å². The van der Waals surface area contributed by atoms with Gasteiger partial charge in [-0.1, -0.05) is 117 Å². The molecule has 10 aromatic rings. The molecule has 16 nitrogen and oxygen atoms in total. The molecule has 3 aromatic heterocycles. The standard InChI is InChI=1S/C76H78Cl2FN5O11Si/c1-13-40-89-45-60(46-92-76(52-20-16-15-17-21-52,53-26-32-57(86-8)33-27-53)54-28-34-58(87-9)35-29-54)93-71-67(77)48(3)69(49(4)68(71)78)84-63(50-24-30-55(79)31-25-50)43-62-70(84)73(82-47-81-62)94-66(74(85)90-14-2)42-51-41-59(95-96(11,12)75(5,6)7)36-37-64(51)91-44-56-38-39-80-72(83-56)61-22-18-19-23-65(61)88-10/h13,15-39,41,43,47,60,66H,1,14,40,42,44-46H2,2-12H3/t60-,66-/m1/s1. The van der Waals surface area contributed by atoms with E-state index in [0.717, 1.165) is 22.3 Å². The molecule has 2 atom stereocenters. The van der Waals surface area contributed by atoms with E-state index in [1.807, 2.05) is 146 Å². The van der Waals surface area contributed by atoms with Crippen LogP contribution in [-0.4, -0.2) is 98.8 Å². The molecule has 0 aliphatic heterocycles. The third kappa shape index (κ3) is 15.2. The normalized spacial score (nSPS) is 12.4. The summed E-state index contributed by atoms with van der Waals surface area (Å²) < 4.78 is 80.4. The SMILES string of the molecule is C=CCOC[C@H](COC(c1ccccc1)(c1ccc(OC)cc1)c1ccc(OC)cc1)Oc1c(Cl)c(C)c(-n2c(-c3ccc(F)cc3)cc3ncnc(O[C@H](Cc4cc(O[Si](C)(C)C(C)(C)C)ccc4OCc4ccnc(-c5ccccc5OC)n4)C(=O)OCC)c32)c(C)c1Cl. The van der Waals surface area contributed by atoms with Gasteiger partial charge in [0.05, 0.1) is 86.0 Å². The molecule has 3 heterocycles. The molecule has 0 fully saturated rings.